The highest BCUT2D eigenvalue weighted by molar-refractivity contribution is 6.24. The van der Waals surface area contributed by atoms with Gasteiger partial charge in [-0.2, -0.15) is 0 Å². The Bertz CT molecular complexity index is 987. The van der Waals surface area contributed by atoms with E-state index in [4.69, 9.17) is 0 Å². The third-order valence-corrected chi connectivity index (χ3v) is 7.67. The van der Waals surface area contributed by atoms with Crippen molar-refractivity contribution in [2.24, 2.45) is 23.2 Å². The van der Waals surface area contributed by atoms with Crippen molar-refractivity contribution in [1.82, 2.24) is 0 Å². The van der Waals surface area contributed by atoms with E-state index in [0.717, 1.165) is 23.1 Å². The van der Waals surface area contributed by atoms with Gasteiger partial charge in [-0.25, -0.2) is 0 Å². The quantitative estimate of drug-likeness (QED) is 0.258. The first-order valence-electron chi connectivity index (χ1n) is 12.7. The largest absolute Gasteiger partial charge is 0.511 e. The number of carbonyl (C=O) groups is 2. The first-order chi connectivity index (χ1) is 16.1. The van der Waals surface area contributed by atoms with Gasteiger partial charge in [0, 0.05) is 17.4 Å². The van der Waals surface area contributed by atoms with E-state index >= 15 is 0 Å². The topological polar surface area (TPSA) is 94.8 Å². The zero-order chi connectivity index (χ0) is 26.9. The summed E-state index contributed by atoms with van der Waals surface area (Å²) in [5.41, 5.74) is 0.146. The molecular formula is C30H44O5. The van der Waals surface area contributed by atoms with Crippen LogP contribution in [0.5, 0.6) is 0 Å². The molecule has 0 unspecified atom stereocenters. The van der Waals surface area contributed by atoms with Crippen LogP contribution in [-0.2, 0) is 9.59 Å². The normalized spacial score (nSPS) is 26.6. The average molecular weight is 485 g/mol. The molecule has 0 amide bonds. The molecule has 0 spiro atoms. The van der Waals surface area contributed by atoms with Crippen LogP contribution in [0.25, 0.3) is 0 Å². The fraction of sp³-hybridized carbons (Fsp3) is 0.600. The number of allylic oxidation sites excluding steroid dienone is 8. The molecule has 0 aromatic heterocycles. The first kappa shape index (κ1) is 28.8. The Morgan fingerprint density at radius 2 is 1.60 bits per heavy atom. The molecule has 194 valence electrons. The zero-order valence-corrected chi connectivity index (χ0v) is 22.8. The van der Waals surface area contributed by atoms with Crippen LogP contribution in [0.1, 0.15) is 87.5 Å². The van der Waals surface area contributed by atoms with E-state index in [1.165, 1.54) is 0 Å². The van der Waals surface area contributed by atoms with Crippen LogP contribution >= 0.6 is 0 Å². The van der Waals surface area contributed by atoms with E-state index in [1.807, 2.05) is 46.8 Å². The molecule has 0 radical (unpaired) electrons. The summed E-state index contributed by atoms with van der Waals surface area (Å²) < 4.78 is 0. The highest BCUT2D eigenvalue weighted by atomic mass is 16.3. The van der Waals surface area contributed by atoms with Gasteiger partial charge in [0.2, 0.25) is 0 Å². The van der Waals surface area contributed by atoms with Gasteiger partial charge in [-0.15, -0.1) is 0 Å². The second-order valence-corrected chi connectivity index (χ2v) is 11.6. The fourth-order valence-electron chi connectivity index (χ4n) is 5.20. The van der Waals surface area contributed by atoms with Crippen molar-refractivity contribution in [3.8, 4) is 0 Å². The Kier molecular flexibility index (Phi) is 8.81. The Balaban J connectivity index is 2.93. The molecule has 1 saturated carbocycles. The molecule has 0 heterocycles. The summed E-state index contributed by atoms with van der Waals surface area (Å²) in [6, 6.07) is 0. The van der Waals surface area contributed by atoms with E-state index in [2.05, 4.69) is 6.58 Å². The van der Waals surface area contributed by atoms with Crippen LogP contribution in [-0.4, -0.2) is 32.5 Å². The maximum Gasteiger partial charge on any atom is 0.184 e. The number of aliphatic hydroxyl groups is 3. The van der Waals surface area contributed by atoms with Gasteiger partial charge in [0.15, 0.2) is 11.6 Å². The van der Waals surface area contributed by atoms with Crippen molar-refractivity contribution in [3.05, 3.63) is 58.1 Å². The summed E-state index contributed by atoms with van der Waals surface area (Å²) in [7, 11) is 0. The standard InChI is InChI=1S/C30H44O5/c1-17(2)10-14-30(15-11-18(3)4)27(33)23(26(32)24(28(30)34)25(31)20(7)8)22-16-21(19(5)6)12-13-29(22,9)35/h10-11,20-22,32-33,35H,5,12-16H2,1-4,6-9H3/t21-,22+,29+/m0/s1. The number of rotatable bonds is 8. The molecule has 0 bridgehead atoms. The second-order valence-electron chi connectivity index (χ2n) is 11.6. The fourth-order valence-corrected chi connectivity index (χ4v) is 5.20. The van der Waals surface area contributed by atoms with E-state index in [0.29, 0.717) is 12.8 Å². The number of carbonyl (C=O) groups excluding carboxylic acids is 2. The Morgan fingerprint density at radius 3 is 2.03 bits per heavy atom. The lowest BCUT2D eigenvalue weighted by atomic mass is 9.60. The third kappa shape index (κ3) is 5.72. The van der Waals surface area contributed by atoms with Crippen molar-refractivity contribution >= 4 is 11.6 Å². The average Bonchev–Trinajstić information content (AvgIpc) is 2.73. The van der Waals surface area contributed by atoms with Crippen LogP contribution in [0.2, 0.25) is 0 Å². The Labute approximate surface area is 211 Å². The molecule has 3 atom stereocenters. The minimum atomic E-state index is -1.43. The van der Waals surface area contributed by atoms with Crippen LogP contribution in [0.3, 0.4) is 0 Å². The van der Waals surface area contributed by atoms with Crippen molar-refractivity contribution in [2.45, 2.75) is 93.1 Å². The molecule has 0 aromatic rings. The molecule has 0 aliphatic heterocycles. The third-order valence-electron chi connectivity index (χ3n) is 7.67. The van der Waals surface area contributed by atoms with E-state index < -0.39 is 40.2 Å². The van der Waals surface area contributed by atoms with Gasteiger partial charge in [-0.3, -0.25) is 9.59 Å². The van der Waals surface area contributed by atoms with Crippen molar-refractivity contribution in [3.63, 3.8) is 0 Å². The Hall–Kier alpha value is -2.40. The maximum absolute atomic E-state index is 14.0. The van der Waals surface area contributed by atoms with Gasteiger partial charge in [0.25, 0.3) is 0 Å². The van der Waals surface area contributed by atoms with Crippen molar-refractivity contribution < 1.29 is 24.9 Å². The predicted octanol–water partition coefficient (Wildman–Crippen LogP) is 6.86. The molecule has 35 heavy (non-hydrogen) atoms. The zero-order valence-electron chi connectivity index (χ0n) is 22.8. The SMILES string of the molecule is C=C(C)[C@H]1CC[C@@](C)(O)[C@@H](C2=C(O)C(CC=C(C)C)(CC=C(C)C)C(=O)C(C(=O)C(C)C)=C2O)C1. The molecular weight excluding hydrogens is 440 g/mol. The Morgan fingerprint density at radius 1 is 1.09 bits per heavy atom. The molecule has 0 aromatic carbocycles. The van der Waals surface area contributed by atoms with E-state index in [9.17, 15) is 24.9 Å². The number of hydrogen-bond acceptors (Lipinski definition) is 5. The maximum atomic E-state index is 14.0. The molecule has 3 N–H and O–H groups in total. The predicted molar refractivity (Wildman–Crippen MR) is 141 cm³/mol. The van der Waals surface area contributed by atoms with Crippen LogP contribution < -0.4 is 0 Å². The van der Waals surface area contributed by atoms with E-state index in [-0.39, 0.29) is 35.7 Å². The minimum Gasteiger partial charge on any atom is -0.511 e. The summed E-state index contributed by atoms with van der Waals surface area (Å²) >= 11 is 0. The second kappa shape index (κ2) is 10.7. The molecule has 2 aliphatic rings. The molecule has 5 heteroatoms. The number of Topliss-reactive ketones (excluding diaryl/α,β-unsaturated/α-hetero) is 2. The summed E-state index contributed by atoms with van der Waals surface area (Å²) in [5, 5.41) is 34.7. The van der Waals surface area contributed by atoms with Gasteiger partial charge < -0.3 is 15.3 Å². The molecule has 0 saturated heterocycles. The summed E-state index contributed by atoms with van der Waals surface area (Å²) in [4.78, 5) is 27.3. The number of hydrogen-bond donors (Lipinski definition) is 3. The summed E-state index contributed by atoms with van der Waals surface area (Å²) in [6.45, 7) is 18.8. The lowest BCUT2D eigenvalue weighted by Gasteiger charge is -2.45. The molecule has 5 nitrogen and oxygen atoms in total. The monoisotopic (exact) mass is 484 g/mol. The van der Waals surface area contributed by atoms with Gasteiger partial charge in [-0.1, -0.05) is 49.3 Å². The van der Waals surface area contributed by atoms with Gasteiger partial charge in [0.05, 0.1) is 11.0 Å². The highest BCUT2D eigenvalue weighted by Crippen LogP contribution is 2.52. The summed E-state index contributed by atoms with van der Waals surface area (Å²) in [6.07, 6.45) is 5.82. The molecule has 2 rings (SSSR count). The molecule has 2 aliphatic carbocycles. The smallest absolute Gasteiger partial charge is 0.184 e. The minimum absolute atomic E-state index is 0.0974. The lowest BCUT2D eigenvalue weighted by Crippen LogP contribution is -2.47. The number of aliphatic hydroxyl groups excluding tert-OH is 2. The van der Waals surface area contributed by atoms with Crippen LogP contribution in [0.15, 0.2) is 58.1 Å². The molecule has 1 fully saturated rings. The van der Waals surface area contributed by atoms with Crippen molar-refractivity contribution in [2.75, 3.05) is 0 Å². The van der Waals surface area contributed by atoms with Gasteiger partial charge in [-0.05, 0) is 79.6 Å². The number of ketones is 2. The first-order valence-corrected chi connectivity index (χ1v) is 12.7. The van der Waals surface area contributed by atoms with Gasteiger partial charge in [0.1, 0.15) is 17.1 Å². The lowest BCUT2D eigenvalue weighted by molar-refractivity contribution is -0.129. The van der Waals surface area contributed by atoms with Gasteiger partial charge >= 0.3 is 0 Å². The van der Waals surface area contributed by atoms with Crippen LogP contribution in [0.4, 0.5) is 0 Å². The summed E-state index contributed by atoms with van der Waals surface area (Å²) in [5.74, 6) is -2.80. The van der Waals surface area contributed by atoms with E-state index in [1.54, 1.807) is 20.8 Å². The van der Waals surface area contributed by atoms with Crippen molar-refractivity contribution in [1.29, 1.82) is 0 Å². The van der Waals surface area contributed by atoms with Crippen LogP contribution in [0, 0.1) is 23.2 Å². The highest BCUT2D eigenvalue weighted by Gasteiger charge is 2.54.